The predicted molar refractivity (Wildman–Crippen MR) is 151 cm³/mol. The lowest BCUT2D eigenvalue weighted by Crippen LogP contribution is -2.44. The van der Waals surface area contributed by atoms with Gasteiger partial charge in [0.05, 0.1) is 13.2 Å². The van der Waals surface area contributed by atoms with E-state index in [9.17, 15) is 4.79 Å². The lowest BCUT2D eigenvalue weighted by molar-refractivity contribution is 0.0351. The Morgan fingerprint density at radius 2 is 1.64 bits per heavy atom. The Hall–Kier alpha value is -4.08. The van der Waals surface area contributed by atoms with Gasteiger partial charge >= 0.3 is 6.03 Å². The largest absolute Gasteiger partial charge is 0.379 e. The van der Waals surface area contributed by atoms with Gasteiger partial charge in [-0.05, 0) is 40.1 Å². The van der Waals surface area contributed by atoms with Crippen LogP contribution in [0, 0.1) is 0 Å². The molecule has 0 aliphatic carbocycles. The van der Waals surface area contributed by atoms with Crippen LogP contribution in [0.5, 0.6) is 0 Å². The highest BCUT2D eigenvalue weighted by Crippen LogP contribution is 2.28. The molecule has 39 heavy (non-hydrogen) atoms. The number of amides is 2. The van der Waals surface area contributed by atoms with Gasteiger partial charge < -0.3 is 15.0 Å². The summed E-state index contributed by atoms with van der Waals surface area (Å²) >= 11 is 0. The third-order valence-corrected chi connectivity index (χ3v) is 7.16. The van der Waals surface area contributed by atoms with Crippen molar-refractivity contribution in [2.24, 2.45) is 7.05 Å². The Labute approximate surface area is 229 Å². The number of hydrogen-bond donors (Lipinski definition) is 1. The molecular formula is C30H35N7O2. The summed E-state index contributed by atoms with van der Waals surface area (Å²) in [4.78, 5) is 18.0. The molecule has 2 heterocycles. The third-order valence-electron chi connectivity index (χ3n) is 7.16. The predicted octanol–water partition coefficient (Wildman–Crippen LogP) is 4.27. The summed E-state index contributed by atoms with van der Waals surface area (Å²) in [5.74, 6) is 0.835. The normalized spacial score (nSPS) is 13.9. The topological polar surface area (TPSA) is 88.4 Å². The van der Waals surface area contributed by atoms with Crippen LogP contribution in [0.15, 0.2) is 84.9 Å². The fraction of sp³-hybridized carbons (Fsp3) is 0.333. The highest BCUT2D eigenvalue weighted by Gasteiger charge is 2.21. The third kappa shape index (κ3) is 7.07. The molecule has 0 atom stereocenters. The Kier molecular flexibility index (Phi) is 8.93. The molecule has 9 nitrogen and oxygen atoms in total. The van der Waals surface area contributed by atoms with E-state index in [1.807, 2.05) is 41.3 Å². The van der Waals surface area contributed by atoms with E-state index in [1.165, 1.54) is 11.1 Å². The number of aromatic nitrogens is 4. The molecule has 0 bridgehead atoms. The Balaban J connectivity index is 1.33. The molecule has 2 amide bonds. The maximum absolute atomic E-state index is 13.7. The van der Waals surface area contributed by atoms with E-state index in [2.05, 4.69) is 74.3 Å². The Morgan fingerprint density at radius 1 is 0.949 bits per heavy atom. The number of nitrogens with zero attached hydrogens (tertiary/aromatic N) is 6. The number of carbonyl (C=O) groups is 1. The molecule has 3 aromatic carbocycles. The van der Waals surface area contributed by atoms with Crippen molar-refractivity contribution in [1.29, 1.82) is 0 Å². The van der Waals surface area contributed by atoms with E-state index < -0.39 is 0 Å². The number of benzene rings is 3. The molecule has 1 aliphatic rings. The molecule has 1 aromatic heterocycles. The van der Waals surface area contributed by atoms with Crippen molar-refractivity contribution < 1.29 is 9.53 Å². The molecule has 1 fully saturated rings. The number of ether oxygens (including phenoxy) is 1. The van der Waals surface area contributed by atoms with Crippen LogP contribution in [0.2, 0.25) is 0 Å². The van der Waals surface area contributed by atoms with Crippen LogP contribution in [0.3, 0.4) is 0 Å². The second-order valence-corrected chi connectivity index (χ2v) is 9.74. The number of urea groups is 1. The van der Waals surface area contributed by atoms with Gasteiger partial charge in [0.25, 0.3) is 0 Å². The van der Waals surface area contributed by atoms with Gasteiger partial charge in [0.1, 0.15) is 0 Å². The van der Waals surface area contributed by atoms with Crippen molar-refractivity contribution >= 4 is 11.7 Å². The summed E-state index contributed by atoms with van der Waals surface area (Å²) < 4.78 is 7.12. The van der Waals surface area contributed by atoms with Crippen LogP contribution in [-0.2, 0) is 11.8 Å². The van der Waals surface area contributed by atoms with Gasteiger partial charge in [0.15, 0.2) is 5.82 Å². The van der Waals surface area contributed by atoms with Gasteiger partial charge in [-0.25, -0.2) is 9.48 Å². The first-order valence-corrected chi connectivity index (χ1v) is 13.5. The standard InChI is InChI=1S/C30H35N7O2/c1-35-29(32-33-34-35)26-13-8-14-27(23-26)31-30(38)37(18-17-36-19-21-39-22-20-36)16-15-28(24-9-4-2-5-10-24)25-11-6-3-7-12-25/h2-14,23,28H,15-22H2,1H3,(H,31,38). The summed E-state index contributed by atoms with van der Waals surface area (Å²) in [5, 5.41) is 14.9. The van der Waals surface area contributed by atoms with Gasteiger partial charge in [0, 0.05) is 56.9 Å². The molecular weight excluding hydrogens is 490 g/mol. The minimum absolute atomic E-state index is 0.114. The highest BCUT2D eigenvalue weighted by atomic mass is 16.5. The number of carbonyl (C=O) groups excluding carboxylic acids is 1. The van der Waals surface area contributed by atoms with E-state index >= 15 is 0 Å². The van der Waals surface area contributed by atoms with Crippen molar-refractivity contribution in [3.63, 3.8) is 0 Å². The molecule has 5 rings (SSSR count). The zero-order valence-electron chi connectivity index (χ0n) is 22.3. The molecule has 0 unspecified atom stereocenters. The minimum atomic E-state index is -0.114. The molecule has 0 saturated carbocycles. The van der Waals surface area contributed by atoms with Crippen LogP contribution in [0.1, 0.15) is 23.5 Å². The molecule has 0 spiro atoms. The van der Waals surface area contributed by atoms with Crippen LogP contribution in [0.25, 0.3) is 11.4 Å². The number of anilines is 1. The number of hydrogen-bond acceptors (Lipinski definition) is 6. The molecule has 0 radical (unpaired) electrons. The first-order valence-electron chi connectivity index (χ1n) is 13.5. The van der Waals surface area contributed by atoms with Gasteiger partial charge in [-0.3, -0.25) is 4.90 Å². The van der Waals surface area contributed by atoms with Crippen LogP contribution in [0.4, 0.5) is 10.5 Å². The summed E-state index contributed by atoms with van der Waals surface area (Å²) in [6.45, 7) is 5.31. The number of aryl methyl sites for hydroxylation is 1. The van der Waals surface area contributed by atoms with Gasteiger partial charge in [-0.15, -0.1) is 5.10 Å². The monoisotopic (exact) mass is 525 g/mol. The average Bonchev–Trinajstić information content (AvgIpc) is 3.42. The molecule has 202 valence electrons. The highest BCUT2D eigenvalue weighted by molar-refractivity contribution is 5.90. The minimum Gasteiger partial charge on any atom is -0.379 e. The van der Waals surface area contributed by atoms with Crippen molar-refractivity contribution in [2.45, 2.75) is 12.3 Å². The lowest BCUT2D eigenvalue weighted by atomic mass is 9.88. The fourth-order valence-corrected chi connectivity index (χ4v) is 5.00. The second-order valence-electron chi connectivity index (χ2n) is 9.74. The average molecular weight is 526 g/mol. The van der Waals surface area contributed by atoms with Crippen LogP contribution in [-0.4, -0.2) is 82.0 Å². The van der Waals surface area contributed by atoms with Crippen molar-refractivity contribution in [3.05, 3.63) is 96.1 Å². The molecule has 4 aromatic rings. The van der Waals surface area contributed by atoms with Crippen molar-refractivity contribution in [3.8, 4) is 11.4 Å². The second kappa shape index (κ2) is 13.1. The molecule has 1 saturated heterocycles. The number of rotatable bonds is 10. The van der Waals surface area contributed by atoms with Gasteiger partial charge in [0.2, 0.25) is 0 Å². The zero-order chi connectivity index (χ0) is 26.9. The van der Waals surface area contributed by atoms with Crippen molar-refractivity contribution in [2.75, 3.05) is 51.3 Å². The van der Waals surface area contributed by atoms with E-state index in [-0.39, 0.29) is 11.9 Å². The van der Waals surface area contributed by atoms with Crippen LogP contribution < -0.4 is 5.32 Å². The van der Waals surface area contributed by atoms with Gasteiger partial charge in [-0.1, -0.05) is 72.8 Å². The fourth-order valence-electron chi connectivity index (χ4n) is 5.00. The number of nitrogens with one attached hydrogen (secondary N) is 1. The van der Waals surface area contributed by atoms with E-state index in [0.717, 1.165) is 44.8 Å². The summed E-state index contributed by atoms with van der Waals surface area (Å²) in [5.41, 5.74) is 4.05. The lowest BCUT2D eigenvalue weighted by Gasteiger charge is -2.31. The Bertz CT molecular complexity index is 1280. The van der Waals surface area contributed by atoms with Crippen LogP contribution >= 0.6 is 0 Å². The molecule has 1 aliphatic heterocycles. The first kappa shape index (κ1) is 26.5. The first-order chi connectivity index (χ1) is 19.2. The Morgan fingerprint density at radius 3 is 2.28 bits per heavy atom. The number of morpholine rings is 1. The smallest absolute Gasteiger partial charge is 0.321 e. The summed E-state index contributed by atoms with van der Waals surface area (Å²) in [7, 11) is 1.80. The summed E-state index contributed by atoms with van der Waals surface area (Å²) in [6, 6.07) is 28.6. The van der Waals surface area contributed by atoms with E-state index in [1.54, 1.807) is 11.7 Å². The molecule has 9 heteroatoms. The maximum Gasteiger partial charge on any atom is 0.321 e. The van der Waals surface area contributed by atoms with Crippen molar-refractivity contribution in [1.82, 2.24) is 30.0 Å². The zero-order valence-corrected chi connectivity index (χ0v) is 22.3. The number of tetrazole rings is 1. The quantitative estimate of drug-likeness (QED) is 0.333. The van der Waals surface area contributed by atoms with E-state index in [4.69, 9.17) is 4.74 Å². The summed E-state index contributed by atoms with van der Waals surface area (Å²) in [6.07, 6.45) is 0.815. The molecule has 1 N–H and O–H groups in total. The maximum atomic E-state index is 13.7. The van der Waals surface area contributed by atoms with Gasteiger partial charge in [-0.2, -0.15) is 0 Å². The SMILES string of the molecule is Cn1nnnc1-c1cccc(NC(=O)N(CCC(c2ccccc2)c2ccccc2)CCN2CCOCC2)c1. The van der Waals surface area contributed by atoms with E-state index in [0.29, 0.717) is 24.6 Å².